The second kappa shape index (κ2) is 6.51. The SMILES string of the molecule is CCN(c1nnc(-c2ccsc2)cc1C)N1CCOCC1. The molecule has 0 amide bonds. The topological polar surface area (TPSA) is 41.5 Å². The van der Waals surface area contributed by atoms with Crippen molar-refractivity contribution in [3.8, 4) is 11.3 Å². The molecule has 112 valence electrons. The normalized spacial score (nSPS) is 16.1. The van der Waals surface area contributed by atoms with E-state index >= 15 is 0 Å². The molecule has 0 aliphatic carbocycles. The molecule has 1 saturated heterocycles. The van der Waals surface area contributed by atoms with Crippen LogP contribution in [0.3, 0.4) is 0 Å². The number of aromatic nitrogens is 2. The minimum Gasteiger partial charge on any atom is -0.379 e. The van der Waals surface area contributed by atoms with Crippen molar-refractivity contribution < 1.29 is 4.74 Å². The van der Waals surface area contributed by atoms with Gasteiger partial charge in [-0.3, -0.25) is 5.01 Å². The first kappa shape index (κ1) is 14.4. The Hall–Kier alpha value is -1.50. The fraction of sp³-hybridized carbons (Fsp3) is 0.467. The van der Waals surface area contributed by atoms with Crippen molar-refractivity contribution >= 4 is 17.2 Å². The molecule has 0 spiro atoms. The summed E-state index contributed by atoms with van der Waals surface area (Å²) in [5.41, 5.74) is 3.23. The Labute approximate surface area is 129 Å². The van der Waals surface area contributed by atoms with Crippen molar-refractivity contribution in [2.45, 2.75) is 13.8 Å². The third-order valence-corrected chi connectivity index (χ3v) is 4.33. The van der Waals surface area contributed by atoms with Gasteiger partial charge in [-0.2, -0.15) is 11.3 Å². The first-order chi connectivity index (χ1) is 10.3. The van der Waals surface area contributed by atoms with Gasteiger partial charge in [-0.15, -0.1) is 10.2 Å². The minimum atomic E-state index is 0.774. The summed E-state index contributed by atoms with van der Waals surface area (Å²) in [7, 11) is 0. The molecule has 1 aliphatic heterocycles. The summed E-state index contributed by atoms with van der Waals surface area (Å²) in [5, 5.41) is 17.6. The molecule has 0 radical (unpaired) electrons. The monoisotopic (exact) mass is 304 g/mol. The van der Waals surface area contributed by atoms with Gasteiger partial charge in [0.2, 0.25) is 0 Å². The van der Waals surface area contributed by atoms with Gasteiger partial charge < -0.3 is 4.74 Å². The van der Waals surface area contributed by atoms with Gasteiger partial charge in [-0.1, -0.05) is 0 Å². The fourth-order valence-electron chi connectivity index (χ4n) is 2.56. The Bertz CT molecular complexity index is 581. The quantitative estimate of drug-likeness (QED) is 0.868. The Morgan fingerprint density at radius 1 is 1.33 bits per heavy atom. The number of morpholine rings is 1. The molecule has 21 heavy (non-hydrogen) atoms. The first-order valence-electron chi connectivity index (χ1n) is 7.26. The molecule has 2 aromatic rings. The standard InChI is InChI=1S/C15H20N4OS/c1-3-19(18-5-7-20-8-6-18)15-12(2)10-14(16-17-15)13-4-9-21-11-13/h4,9-11H,3,5-8H2,1-2H3. The number of aryl methyl sites for hydroxylation is 1. The lowest BCUT2D eigenvalue weighted by molar-refractivity contribution is 0.0317. The summed E-state index contributed by atoms with van der Waals surface area (Å²) in [4.78, 5) is 0. The zero-order valence-electron chi connectivity index (χ0n) is 12.5. The van der Waals surface area contributed by atoms with Crippen molar-refractivity contribution in [2.75, 3.05) is 37.9 Å². The van der Waals surface area contributed by atoms with E-state index in [9.17, 15) is 0 Å². The van der Waals surface area contributed by atoms with Crippen LogP contribution in [0.15, 0.2) is 22.9 Å². The van der Waals surface area contributed by atoms with Crippen molar-refractivity contribution in [1.82, 2.24) is 15.2 Å². The highest BCUT2D eigenvalue weighted by atomic mass is 32.1. The van der Waals surface area contributed by atoms with Crippen molar-refractivity contribution in [3.63, 3.8) is 0 Å². The highest BCUT2D eigenvalue weighted by Crippen LogP contribution is 2.25. The van der Waals surface area contributed by atoms with Gasteiger partial charge in [0.15, 0.2) is 5.82 Å². The van der Waals surface area contributed by atoms with Gasteiger partial charge in [0.05, 0.1) is 18.9 Å². The van der Waals surface area contributed by atoms with Crippen LogP contribution in [0.4, 0.5) is 5.82 Å². The predicted molar refractivity (Wildman–Crippen MR) is 85.5 cm³/mol. The molecule has 1 fully saturated rings. The number of anilines is 1. The van der Waals surface area contributed by atoms with Crippen LogP contribution in [-0.2, 0) is 4.74 Å². The molecule has 0 bridgehead atoms. The van der Waals surface area contributed by atoms with Crippen LogP contribution >= 0.6 is 11.3 Å². The van der Waals surface area contributed by atoms with Crippen LogP contribution in [0.2, 0.25) is 0 Å². The largest absolute Gasteiger partial charge is 0.379 e. The van der Waals surface area contributed by atoms with Crippen molar-refractivity contribution in [1.29, 1.82) is 0 Å². The minimum absolute atomic E-state index is 0.774. The van der Waals surface area contributed by atoms with Crippen LogP contribution in [0.25, 0.3) is 11.3 Å². The third kappa shape index (κ3) is 3.07. The van der Waals surface area contributed by atoms with Crippen LogP contribution in [-0.4, -0.2) is 48.1 Å². The molecular weight excluding hydrogens is 284 g/mol. The van der Waals surface area contributed by atoms with Gasteiger partial charge in [-0.25, -0.2) is 5.01 Å². The van der Waals surface area contributed by atoms with Gasteiger partial charge in [0.25, 0.3) is 0 Å². The summed E-state index contributed by atoms with van der Waals surface area (Å²) in [5.74, 6) is 0.943. The lowest BCUT2D eigenvalue weighted by Crippen LogP contribution is -2.49. The molecule has 1 aliphatic rings. The molecule has 0 N–H and O–H groups in total. The van der Waals surface area contributed by atoms with Crippen LogP contribution in [0.1, 0.15) is 12.5 Å². The molecule has 2 aromatic heterocycles. The summed E-state index contributed by atoms with van der Waals surface area (Å²) < 4.78 is 5.43. The number of nitrogens with zero attached hydrogens (tertiary/aromatic N) is 4. The third-order valence-electron chi connectivity index (χ3n) is 3.65. The van der Waals surface area contributed by atoms with Crippen LogP contribution < -0.4 is 5.01 Å². The molecule has 0 aromatic carbocycles. The maximum atomic E-state index is 5.43. The Balaban J connectivity index is 1.86. The number of ether oxygens (including phenoxy) is 1. The van der Waals surface area contributed by atoms with E-state index in [1.165, 1.54) is 0 Å². The van der Waals surface area contributed by atoms with E-state index in [0.717, 1.165) is 55.5 Å². The lowest BCUT2D eigenvalue weighted by Gasteiger charge is -2.37. The van der Waals surface area contributed by atoms with Gasteiger partial charge in [0.1, 0.15) is 0 Å². The molecule has 0 atom stereocenters. The van der Waals surface area contributed by atoms with E-state index in [1.807, 2.05) is 0 Å². The number of thiophene rings is 1. The van der Waals surface area contributed by atoms with Crippen LogP contribution in [0, 0.1) is 6.92 Å². The number of hydrogen-bond donors (Lipinski definition) is 0. The molecule has 0 saturated carbocycles. The highest BCUT2D eigenvalue weighted by molar-refractivity contribution is 7.08. The van der Waals surface area contributed by atoms with Gasteiger partial charge >= 0.3 is 0 Å². The average molecular weight is 304 g/mol. The average Bonchev–Trinajstić information content (AvgIpc) is 3.05. The highest BCUT2D eigenvalue weighted by Gasteiger charge is 2.20. The predicted octanol–water partition coefficient (Wildman–Crippen LogP) is 2.59. The lowest BCUT2D eigenvalue weighted by atomic mass is 10.2. The molecular formula is C15H20N4OS. The maximum Gasteiger partial charge on any atom is 0.168 e. The number of hydrazine groups is 1. The second-order valence-corrected chi connectivity index (χ2v) is 5.81. The molecule has 3 rings (SSSR count). The van der Waals surface area contributed by atoms with E-state index < -0.39 is 0 Å². The molecule has 0 unspecified atom stereocenters. The summed E-state index contributed by atoms with van der Waals surface area (Å²) in [6, 6.07) is 4.20. The van der Waals surface area contributed by atoms with E-state index in [1.54, 1.807) is 11.3 Å². The van der Waals surface area contributed by atoms with Gasteiger partial charge in [0, 0.05) is 30.6 Å². The fourth-order valence-corrected chi connectivity index (χ4v) is 3.21. The Morgan fingerprint density at radius 2 is 2.14 bits per heavy atom. The maximum absolute atomic E-state index is 5.43. The number of rotatable bonds is 4. The first-order valence-corrected chi connectivity index (χ1v) is 8.21. The van der Waals surface area contributed by atoms with Gasteiger partial charge in [-0.05, 0) is 36.9 Å². The zero-order chi connectivity index (χ0) is 14.7. The van der Waals surface area contributed by atoms with Crippen molar-refractivity contribution in [3.05, 3.63) is 28.5 Å². The van der Waals surface area contributed by atoms with E-state index in [4.69, 9.17) is 4.74 Å². The molecule has 6 heteroatoms. The summed E-state index contributed by atoms with van der Waals surface area (Å²) in [6.45, 7) is 8.48. The Kier molecular flexibility index (Phi) is 4.48. The number of hydrogen-bond acceptors (Lipinski definition) is 6. The van der Waals surface area contributed by atoms with Crippen molar-refractivity contribution in [2.24, 2.45) is 0 Å². The summed E-state index contributed by atoms with van der Waals surface area (Å²) >= 11 is 1.68. The smallest absolute Gasteiger partial charge is 0.168 e. The molecule has 3 heterocycles. The second-order valence-electron chi connectivity index (χ2n) is 5.03. The molecule has 5 nitrogen and oxygen atoms in total. The van der Waals surface area contributed by atoms with Crippen LogP contribution in [0.5, 0.6) is 0 Å². The van der Waals surface area contributed by atoms with E-state index in [-0.39, 0.29) is 0 Å². The Morgan fingerprint density at radius 3 is 2.76 bits per heavy atom. The van der Waals surface area contributed by atoms with E-state index in [2.05, 4.69) is 57.0 Å². The zero-order valence-corrected chi connectivity index (χ0v) is 13.3. The van der Waals surface area contributed by atoms with E-state index in [0.29, 0.717) is 0 Å². The summed E-state index contributed by atoms with van der Waals surface area (Å²) in [6.07, 6.45) is 0.